The van der Waals surface area contributed by atoms with Gasteiger partial charge in [0.2, 0.25) is 0 Å². The van der Waals surface area contributed by atoms with Crippen molar-refractivity contribution in [1.82, 2.24) is 9.80 Å². The van der Waals surface area contributed by atoms with Crippen LogP contribution in [-0.2, 0) is 9.47 Å². The molecule has 6 heteroatoms. The molecule has 0 bridgehead atoms. The molecule has 0 amide bonds. The monoisotopic (exact) mass is 617 g/mol. The van der Waals surface area contributed by atoms with Crippen molar-refractivity contribution in [3.05, 3.63) is 35.4 Å². The fraction of sp³-hybridized carbons (Fsp3) is 0.789. The minimum Gasteiger partial charge on any atom is -0.461 e. The highest BCUT2D eigenvalue weighted by atomic mass is 16.5. The van der Waals surface area contributed by atoms with Crippen molar-refractivity contribution >= 4 is 11.9 Å². The molecule has 0 saturated carbocycles. The summed E-state index contributed by atoms with van der Waals surface area (Å²) in [6.45, 7) is 8.76. The highest BCUT2D eigenvalue weighted by molar-refractivity contribution is 5.93. The second-order valence-corrected chi connectivity index (χ2v) is 12.8. The molecule has 6 nitrogen and oxygen atoms in total. The van der Waals surface area contributed by atoms with Gasteiger partial charge in [-0.15, -0.1) is 0 Å². The first-order chi connectivity index (χ1) is 21.5. The van der Waals surface area contributed by atoms with Crippen LogP contribution < -0.4 is 0 Å². The molecule has 0 N–H and O–H groups in total. The zero-order valence-electron chi connectivity index (χ0n) is 29.2. The van der Waals surface area contributed by atoms with Crippen molar-refractivity contribution in [3.8, 4) is 0 Å². The van der Waals surface area contributed by atoms with Gasteiger partial charge >= 0.3 is 11.9 Å². The summed E-state index contributed by atoms with van der Waals surface area (Å²) >= 11 is 0. The van der Waals surface area contributed by atoms with E-state index in [-0.39, 0.29) is 11.9 Å². The third kappa shape index (κ3) is 22.6. The lowest BCUT2D eigenvalue weighted by atomic mass is 10.1. The summed E-state index contributed by atoms with van der Waals surface area (Å²) in [6.07, 6.45) is 26.7. The molecule has 0 fully saturated rings. The van der Waals surface area contributed by atoms with E-state index in [1.54, 1.807) is 24.3 Å². The van der Waals surface area contributed by atoms with E-state index in [9.17, 15) is 9.59 Å². The lowest BCUT2D eigenvalue weighted by Crippen LogP contribution is -2.25. The van der Waals surface area contributed by atoms with E-state index < -0.39 is 0 Å². The van der Waals surface area contributed by atoms with E-state index >= 15 is 0 Å². The van der Waals surface area contributed by atoms with Crippen LogP contribution in [0.25, 0.3) is 0 Å². The molecule has 0 saturated heterocycles. The number of likely N-dealkylation sites (N-methyl/N-ethyl adjacent to an activating group) is 2. The maximum Gasteiger partial charge on any atom is 0.338 e. The molecular weight excluding hydrogens is 548 g/mol. The Morgan fingerprint density at radius 3 is 1.02 bits per heavy atom. The van der Waals surface area contributed by atoms with Crippen molar-refractivity contribution in [1.29, 1.82) is 0 Å². The zero-order valence-corrected chi connectivity index (χ0v) is 29.2. The third-order valence-corrected chi connectivity index (χ3v) is 8.56. The molecule has 0 heterocycles. The van der Waals surface area contributed by atoms with Gasteiger partial charge in [-0.25, -0.2) is 9.59 Å². The van der Waals surface area contributed by atoms with Crippen LogP contribution >= 0.6 is 0 Å². The number of unbranched alkanes of at least 4 members (excludes halogenated alkanes) is 18. The molecule has 1 aromatic carbocycles. The first-order valence-corrected chi connectivity index (χ1v) is 18.3. The number of carbonyl (C=O) groups excluding carboxylic acids is 2. The molecule has 0 atom stereocenters. The Morgan fingerprint density at radius 2 is 0.727 bits per heavy atom. The van der Waals surface area contributed by atoms with Crippen LogP contribution in [0.3, 0.4) is 0 Å². The van der Waals surface area contributed by atoms with Crippen LogP contribution in [0.15, 0.2) is 24.3 Å². The van der Waals surface area contributed by atoms with E-state index in [1.165, 1.54) is 128 Å². The van der Waals surface area contributed by atoms with Crippen LogP contribution in [0.2, 0.25) is 0 Å². The Balaban J connectivity index is 2.08. The Bertz CT molecular complexity index is 747. The molecule has 1 rings (SSSR count). The van der Waals surface area contributed by atoms with E-state index in [2.05, 4.69) is 37.7 Å². The first-order valence-electron chi connectivity index (χ1n) is 18.3. The normalized spacial score (nSPS) is 11.4. The lowest BCUT2D eigenvalue weighted by molar-refractivity contribution is 0.0458. The summed E-state index contributed by atoms with van der Waals surface area (Å²) in [5, 5.41) is 0. The summed E-state index contributed by atoms with van der Waals surface area (Å²) in [7, 11) is 4.16. The summed E-state index contributed by atoms with van der Waals surface area (Å²) < 4.78 is 10.9. The smallest absolute Gasteiger partial charge is 0.338 e. The van der Waals surface area contributed by atoms with E-state index in [0.717, 1.165) is 26.2 Å². The van der Waals surface area contributed by atoms with Crippen molar-refractivity contribution in [2.45, 2.75) is 142 Å². The van der Waals surface area contributed by atoms with Crippen LogP contribution in [0.5, 0.6) is 0 Å². The van der Waals surface area contributed by atoms with E-state index in [1.807, 2.05) is 0 Å². The van der Waals surface area contributed by atoms with Gasteiger partial charge < -0.3 is 19.3 Å². The van der Waals surface area contributed by atoms with Gasteiger partial charge in [-0.2, -0.15) is 0 Å². The van der Waals surface area contributed by atoms with Crippen LogP contribution in [0.1, 0.15) is 163 Å². The number of rotatable bonds is 30. The molecule has 254 valence electrons. The SMILES string of the molecule is CCCCCCCCCCCCN(C)CCOC(=O)c1ccc(C(=O)OCCN(C)CCCCCCCCCCCC)cc1. The Morgan fingerprint density at radius 1 is 0.455 bits per heavy atom. The fourth-order valence-corrected chi connectivity index (χ4v) is 5.46. The van der Waals surface area contributed by atoms with Gasteiger partial charge in [-0.05, 0) is 64.3 Å². The van der Waals surface area contributed by atoms with Crippen molar-refractivity contribution in [2.75, 3.05) is 53.5 Å². The Hall–Kier alpha value is -1.92. The van der Waals surface area contributed by atoms with E-state index in [4.69, 9.17) is 9.47 Å². The molecule has 0 aliphatic heterocycles. The maximum atomic E-state index is 12.4. The predicted octanol–water partition coefficient (Wildman–Crippen LogP) is 9.71. The number of hydrogen-bond acceptors (Lipinski definition) is 6. The molecule has 0 radical (unpaired) electrons. The fourth-order valence-electron chi connectivity index (χ4n) is 5.46. The molecule has 0 aliphatic rings. The number of ether oxygens (including phenoxy) is 2. The predicted molar refractivity (Wildman–Crippen MR) is 186 cm³/mol. The topological polar surface area (TPSA) is 59.1 Å². The number of hydrogen-bond donors (Lipinski definition) is 0. The van der Waals surface area contributed by atoms with Crippen LogP contribution in [0, 0.1) is 0 Å². The van der Waals surface area contributed by atoms with Gasteiger partial charge in [0.15, 0.2) is 0 Å². The summed E-state index contributed by atoms with van der Waals surface area (Å²) in [5.74, 6) is -0.711. The molecule has 0 aromatic heterocycles. The number of esters is 2. The molecule has 0 spiro atoms. The average Bonchev–Trinajstić information content (AvgIpc) is 3.02. The quantitative estimate of drug-likeness (QED) is 0.0633. The molecular formula is C38H68N2O4. The third-order valence-electron chi connectivity index (χ3n) is 8.56. The van der Waals surface area contributed by atoms with Crippen LogP contribution in [0.4, 0.5) is 0 Å². The highest BCUT2D eigenvalue weighted by Crippen LogP contribution is 2.12. The van der Waals surface area contributed by atoms with Crippen molar-refractivity contribution in [3.63, 3.8) is 0 Å². The standard InChI is InChI=1S/C38H68N2O4/c1-5-7-9-11-13-15-17-19-21-23-29-39(3)31-33-43-37(41)35-25-27-36(28-26-35)38(42)44-34-32-40(4)30-24-22-20-18-16-14-12-10-8-6-2/h25-28H,5-24,29-34H2,1-4H3. The van der Waals surface area contributed by atoms with Gasteiger partial charge in [0, 0.05) is 13.1 Å². The second kappa shape index (κ2) is 28.5. The van der Waals surface area contributed by atoms with Gasteiger partial charge in [-0.3, -0.25) is 0 Å². The minimum absolute atomic E-state index is 0.356. The van der Waals surface area contributed by atoms with E-state index in [0.29, 0.717) is 24.3 Å². The molecule has 0 unspecified atom stereocenters. The van der Waals surface area contributed by atoms with Gasteiger partial charge in [-0.1, -0.05) is 129 Å². The van der Waals surface area contributed by atoms with Gasteiger partial charge in [0.05, 0.1) is 11.1 Å². The first kappa shape index (κ1) is 40.1. The summed E-state index contributed by atoms with van der Waals surface area (Å²) in [4.78, 5) is 29.3. The number of carbonyl (C=O) groups is 2. The molecule has 1 aromatic rings. The number of benzene rings is 1. The van der Waals surface area contributed by atoms with Gasteiger partial charge in [0.1, 0.15) is 13.2 Å². The maximum absolute atomic E-state index is 12.4. The van der Waals surface area contributed by atoms with Crippen molar-refractivity contribution < 1.29 is 19.1 Å². The Labute approximate surface area is 271 Å². The lowest BCUT2D eigenvalue weighted by Gasteiger charge is -2.16. The largest absolute Gasteiger partial charge is 0.461 e. The minimum atomic E-state index is -0.356. The molecule has 44 heavy (non-hydrogen) atoms. The van der Waals surface area contributed by atoms with Gasteiger partial charge in [0.25, 0.3) is 0 Å². The highest BCUT2D eigenvalue weighted by Gasteiger charge is 2.12. The number of nitrogens with zero attached hydrogens (tertiary/aromatic N) is 2. The van der Waals surface area contributed by atoms with Crippen molar-refractivity contribution in [2.24, 2.45) is 0 Å². The second-order valence-electron chi connectivity index (χ2n) is 12.8. The van der Waals surface area contributed by atoms with Crippen LogP contribution in [-0.4, -0.2) is 75.2 Å². The average molecular weight is 617 g/mol. The zero-order chi connectivity index (χ0) is 32.1. The Kier molecular flexibility index (Phi) is 26.0. The molecule has 0 aliphatic carbocycles. The summed E-state index contributed by atoms with van der Waals surface area (Å²) in [5.41, 5.74) is 0.908. The summed E-state index contributed by atoms with van der Waals surface area (Å²) in [6, 6.07) is 6.57.